The Kier molecular flexibility index (Phi) is 3.87. The molecule has 0 unspecified atom stereocenters. The molecule has 14 heavy (non-hydrogen) atoms. The number of nitrogens with zero attached hydrogens (tertiary/aromatic N) is 1. The molecule has 0 aromatic carbocycles. The highest BCUT2D eigenvalue weighted by Gasteiger charge is 1.98. The fourth-order valence-corrected chi connectivity index (χ4v) is 0.836. The zero-order valence-electron chi connectivity index (χ0n) is 7.86. The Hall–Kier alpha value is -1.62. The van der Waals surface area contributed by atoms with Crippen molar-refractivity contribution >= 4 is 5.91 Å². The molecule has 1 aromatic heterocycles. The van der Waals surface area contributed by atoms with E-state index in [4.69, 9.17) is 9.84 Å². The van der Waals surface area contributed by atoms with Crippen molar-refractivity contribution in [2.24, 2.45) is 0 Å². The second kappa shape index (κ2) is 5.18. The van der Waals surface area contributed by atoms with E-state index >= 15 is 0 Å². The van der Waals surface area contributed by atoms with Crippen LogP contribution < -0.4 is 5.32 Å². The Morgan fingerprint density at radius 3 is 3.00 bits per heavy atom. The first kappa shape index (κ1) is 10.5. The minimum absolute atomic E-state index is 0.0252. The summed E-state index contributed by atoms with van der Waals surface area (Å²) in [6, 6.07) is 3.16. The topological polar surface area (TPSA) is 71.5 Å². The molecular formula is C9H12N2O3. The summed E-state index contributed by atoms with van der Waals surface area (Å²) in [6.07, 6.45) is 1.50. The summed E-state index contributed by atoms with van der Waals surface area (Å²) in [6.45, 7) is 0.331. The van der Waals surface area contributed by atoms with E-state index in [0.29, 0.717) is 6.61 Å². The second-order valence-electron chi connectivity index (χ2n) is 2.69. The summed E-state index contributed by atoms with van der Waals surface area (Å²) in [5.74, 6) is -0.197. The van der Waals surface area contributed by atoms with Gasteiger partial charge in [-0.15, -0.1) is 0 Å². The lowest BCUT2D eigenvalue weighted by Gasteiger charge is -2.02. The smallest absolute Gasteiger partial charge is 0.245 e. The maximum absolute atomic E-state index is 10.8. The Labute approximate surface area is 81.7 Å². The Balaban J connectivity index is 2.31. The molecule has 2 N–H and O–H groups in total. The summed E-state index contributed by atoms with van der Waals surface area (Å²) in [5.41, 5.74) is 0.812. The minimum Gasteiger partial charge on any atom is -0.493 e. The minimum atomic E-state index is -0.170. The Morgan fingerprint density at radius 1 is 1.64 bits per heavy atom. The van der Waals surface area contributed by atoms with Gasteiger partial charge in [0.25, 0.3) is 0 Å². The van der Waals surface area contributed by atoms with Gasteiger partial charge >= 0.3 is 0 Å². The highest BCUT2D eigenvalue weighted by molar-refractivity contribution is 5.76. The van der Waals surface area contributed by atoms with Crippen molar-refractivity contribution in [1.29, 1.82) is 0 Å². The summed E-state index contributed by atoms with van der Waals surface area (Å²) >= 11 is 0. The standard InChI is InChI=1S/C9H12N2O3/c1-10-9(13)6-14-5-7-2-3-8(12)11-4-7/h2-4H,5-6H2,1H3,(H,10,13)(H,11,12). The van der Waals surface area contributed by atoms with Crippen molar-refractivity contribution in [1.82, 2.24) is 10.3 Å². The van der Waals surface area contributed by atoms with Gasteiger partial charge in [-0.1, -0.05) is 0 Å². The van der Waals surface area contributed by atoms with Crippen molar-refractivity contribution < 1.29 is 14.6 Å². The van der Waals surface area contributed by atoms with Crippen LogP contribution in [-0.2, 0) is 16.1 Å². The first-order chi connectivity index (χ1) is 6.72. The van der Waals surface area contributed by atoms with Gasteiger partial charge in [-0.2, -0.15) is 0 Å². The molecule has 0 saturated heterocycles. The molecule has 0 saturated carbocycles. The number of amides is 1. The van der Waals surface area contributed by atoms with Crippen LogP contribution in [0.25, 0.3) is 0 Å². The average molecular weight is 196 g/mol. The molecule has 0 atom stereocenters. The summed E-state index contributed by atoms with van der Waals surface area (Å²) in [5, 5.41) is 11.3. The fourth-order valence-electron chi connectivity index (χ4n) is 0.836. The molecule has 1 rings (SSSR count). The summed E-state index contributed by atoms with van der Waals surface area (Å²) < 4.78 is 5.08. The van der Waals surface area contributed by atoms with Crippen molar-refractivity contribution in [3.63, 3.8) is 0 Å². The highest BCUT2D eigenvalue weighted by atomic mass is 16.5. The van der Waals surface area contributed by atoms with Gasteiger partial charge in [-0.3, -0.25) is 4.79 Å². The van der Waals surface area contributed by atoms with Gasteiger partial charge in [0.2, 0.25) is 11.8 Å². The van der Waals surface area contributed by atoms with Crippen LogP contribution in [0, 0.1) is 0 Å². The molecule has 0 aliphatic carbocycles. The Bertz CT molecular complexity index is 297. The zero-order chi connectivity index (χ0) is 10.4. The maximum Gasteiger partial charge on any atom is 0.245 e. The lowest BCUT2D eigenvalue weighted by atomic mass is 10.3. The number of hydrogen-bond donors (Lipinski definition) is 2. The van der Waals surface area contributed by atoms with E-state index in [-0.39, 0.29) is 18.4 Å². The second-order valence-corrected chi connectivity index (χ2v) is 2.69. The largest absolute Gasteiger partial charge is 0.493 e. The molecule has 0 bridgehead atoms. The number of likely N-dealkylation sites (N-methyl/N-ethyl adjacent to an activating group) is 1. The van der Waals surface area contributed by atoms with Crippen LogP contribution in [0.2, 0.25) is 0 Å². The van der Waals surface area contributed by atoms with E-state index in [1.807, 2.05) is 0 Å². The quantitative estimate of drug-likeness (QED) is 0.713. The molecule has 1 aromatic rings. The van der Waals surface area contributed by atoms with Gasteiger partial charge in [0, 0.05) is 19.3 Å². The van der Waals surface area contributed by atoms with E-state index in [0.717, 1.165) is 5.56 Å². The van der Waals surface area contributed by atoms with Crippen LogP contribution in [-0.4, -0.2) is 29.7 Å². The molecular weight excluding hydrogens is 184 g/mol. The molecule has 1 heterocycles. The monoisotopic (exact) mass is 196 g/mol. The van der Waals surface area contributed by atoms with Crippen LogP contribution in [0.3, 0.4) is 0 Å². The number of aromatic nitrogens is 1. The highest BCUT2D eigenvalue weighted by Crippen LogP contribution is 2.05. The van der Waals surface area contributed by atoms with E-state index in [1.165, 1.54) is 12.3 Å². The third-order valence-corrected chi connectivity index (χ3v) is 1.59. The predicted molar refractivity (Wildman–Crippen MR) is 49.6 cm³/mol. The molecule has 0 spiro atoms. The number of rotatable bonds is 4. The molecule has 0 aliphatic rings. The van der Waals surface area contributed by atoms with Crippen molar-refractivity contribution in [2.75, 3.05) is 13.7 Å². The zero-order valence-corrected chi connectivity index (χ0v) is 7.86. The number of carbonyl (C=O) groups is 1. The van der Waals surface area contributed by atoms with E-state index in [9.17, 15) is 4.79 Å². The normalized spacial score (nSPS) is 9.79. The molecule has 76 valence electrons. The van der Waals surface area contributed by atoms with E-state index < -0.39 is 0 Å². The van der Waals surface area contributed by atoms with E-state index in [2.05, 4.69) is 10.3 Å². The SMILES string of the molecule is CNC(=O)COCc1ccc(O)nc1. The molecule has 5 nitrogen and oxygen atoms in total. The fraction of sp³-hybridized carbons (Fsp3) is 0.333. The van der Waals surface area contributed by atoms with Crippen molar-refractivity contribution in [2.45, 2.75) is 6.61 Å². The molecule has 0 fully saturated rings. The van der Waals surface area contributed by atoms with Crippen LogP contribution in [0.5, 0.6) is 5.88 Å². The van der Waals surface area contributed by atoms with Crippen molar-refractivity contribution in [3.05, 3.63) is 23.9 Å². The summed E-state index contributed by atoms with van der Waals surface area (Å²) in [4.78, 5) is 14.4. The van der Waals surface area contributed by atoms with Gasteiger partial charge < -0.3 is 15.2 Å². The number of aromatic hydroxyl groups is 1. The predicted octanol–water partition coefficient (Wildman–Crippen LogP) is 0.0498. The molecule has 5 heteroatoms. The van der Waals surface area contributed by atoms with Crippen LogP contribution >= 0.6 is 0 Å². The molecule has 0 radical (unpaired) electrons. The van der Waals surface area contributed by atoms with Gasteiger partial charge in [-0.25, -0.2) is 4.98 Å². The number of pyridine rings is 1. The number of nitrogens with one attached hydrogen (secondary N) is 1. The molecule has 1 amide bonds. The summed E-state index contributed by atoms with van der Waals surface area (Å²) in [7, 11) is 1.55. The van der Waals surface area contributed by atoms with Gasteiger partial charge in [0.1, 0.15) is 6.61 Å². The van der Waals surface area contributed by atoms with Crippen LogP contribution in [0.1, 0.15) is 5.56 Å². The lowest BCUT2D eigenvalue weighted by Crippen LogP contribution is -2.23. The average Bonchev–Trinajstić information content (AvgIpc) is 2.21. The third kappa shape index (κ3) is 3.40. The number of carbonyl (C=O) groups excluding carboxylic acids is 1. The van der Waals surface area contributed by atoms with Gasteiger partial charge in [0.05, 0.1) is 6.61 Å². The number of ether oxygens (including phenoxy) is 1. The number of hydrogen-bond acceptors (Lipinski definition) is 4. The first-order valence-corrected chi connectivity index (χ1v) is 4.14. The lowest BCUT2D eigenvalue weighted by molar-refractivity contribution is -0.125. The third-order valence-electron chi connectivity index (χ3n) is 1.59. The van der Waals surface area contributed by atoms with Crippen LogP contribution in [0.15, 0.2) is 18.3 Å². The van der Waals surface area contributed by atoms with Crippen LogP contribution in [0.4, 0.5) is 0 Å². The molecule has 0 aliphatic heterocycles. The van der Waals surface area contributed by atoms with Crippen molar-refractivity contribution in [3.8, 4) is 5.88 Å². The Morgan fingerprint density at radius 2 is 2.43 bits per heavy atom. The van der Waals surface area contributed by atoms with E-state index in [1.54, 1.807) is 13.1 Å². The first-order valence-electron chi connectivity index (χ1n) is 4.14. The maximum atomic E-state index is 10.8. The van der Waals surface area contributed by atoms with Gasteiger partial charge in [0.15, 0.2) is 0 Å². The van der Waals surface area contributed by atoms with Gasteiger partial charge in [-0.05, 0) is 11.6 Å².